The number of nitrogens with zero attached hydrogens (tertiary/aromatic N) is 2. The van der Waals surface area contributed by atoms with Gasteiger partial charge in [0, 0.05) is 32.7 Å². The van der Waals surface area contributed by atoms with Gasteiger partial charge in [0.25, 0.3) is 0 Å². The van der Waals surface area contributed by atoms with E-state index in [1.165, 1.54) is 22.3 Å². The van der Waals surface area contributed by atoms with Crippen LogP contribution in [-0.2, 0) is 24.4 Å². The summed E-state index contributed by atoms with van der Waals surface area (Å²) >= 11 is 0. The van der Waals surface area contributed by atoms with Gasteiger partial charge < -0.3 is 15.4 Å². The van der Waals surface area contributed by atoms with Crippen LogP contribution in [0.2, 0.25) is 0 Å². The first-order valence-electron chi connectivity index (χ1n) is 10.2. The van der Waals surface area contributed by atoms with Crippen LogP contribution in [0.15, 0.2) is 53.5 Å². The minimum atomic E-state index is 0. The van der Waals surface area contributed by atoms with Crippen LogP contribution in [0.4, 0.5) is 0 Å². The number of aryl methyl sites for hydroxylation is 1. The lowest BCUT2D eigenvalue weighted by Gasteiger charge is -2.26. The van der Waals surface area contributed by atoms with E-state index in [0.29, 0.717) is 6.54 Å². The second-order valence-electron chi connectivity index (χ2n) is 7.24. The highest BCUT2D eigenvalue weighted by Gasteiger charge is 2.10. The Labute approximate surface area is 192 Å². The van der Waals surface area contributed by atoms with Gasteiger partial charge in [-0.1, -0.05) is 54.1 Å². The molecule has 0 atom stereocenters. The minimum Gasteiger partial charge on any atom is -0.379 e. The highest BCUT2D eigenvalue weighted by Crippen LogP contribution is 2.11. The number of rotatable bonds is 7. The number of hydrogen-bond donors (Lipinski definition) is 2. The summed E-state index contributed by atoms with van der Waals surface area (Å²) in [4.78, 5) is 7.21. The molecule has 1 heterocycles. The van der Waals surface area contributed by atoms with Crippen LogP contribution < -0.4 is 10.6 Å². The maximum absolute atomic E-state index is 5.44. The molecular weight excluding hydrogens is 475 g/mol. The maximum Gasteiger partial charge on any atom is 0.191 e. The van der Waals surface area contributed by atoms with Crippen LogP contribution in [0.1, 0.15) is 29.2 Å². The number of ether oxygens (including phenoxy) is 1. The first-order chi connectivity index (χ1) is 13.7. The lowest BCUT2D eigenvalue weighted by Crippen LogP contribution is -2.36. The molecule has 1 aliphatic rings. The van der Waals surface area contributed by atoms with E-state index < -0.39 is 0 Å². The molecule has 29 heavy (non-hydrogen) atoms. The van der Waals surface area contributed by atoms with E-state index in [4.69, 9.17) is 9.73 Å². The van der Waals surface area contributed by atoms with Crippen molar-refractivity contribution in [1.82, 2.24) is 15.5 Å². The lowest BCUT2D eigenvalue weighted by atomic mass is 10.1. The molecule has 0 unspecified atom stereocenters. The van der Waals surface area contributed by atoms with Crippen molar-refractivity contribution in [1.29, 1.82) is 0 Å². The molecule has 5 nitrogen and oxygen atoms in total. The van der Waals surface area contributed by atoms with Gasteiger partial charge in [-0.2, -0.15) is 0 Å². The predicted octanol–water partition coefficient (Wildman–Crippen LogP) is 3.70. The Balaban J connectivity index is 0.00000300. The van der Waals surface area contributed by atoms with Crippen molar-refractivity contribution in [3.63, 3.8) is 0 Å². The molecule has 1 fully saturated rings. The average Bonchev–Trinajstić information content (AvgIpc) is 2.72. The van der Waals surface area contributed by atoms with Gasteiger partial charge in [0.05, 0.1) is 19.8 Å². The van der Waals surface area contributed by atoms with E-state index in [1.54, 1.807) is 0 Å². The summed E-state index contributed by atoms with van der Waals surface area (Å²) in [7, 11) is 0. The van der Waals surface area contributed by atoms with Crippen molar-refractivity contribution in [2.24, 2.45) is 4.99 Å². The SMILES string of the molecule is CCNC(=NCc1cccc(CN2CCOCC2)c1)NCc1ccc(C)cc1.I. The molecule has 2 aromatic rings. The molecule has 0 bridgehead atoms. The molecule has 158 valence electrons. The number of morpholine rings is 1. The Kier molecular flexibility index (Phi) is 10.5. The Morgan fingerprint density at radius 1 is 1.00 bits per heavy atom. The van der Waals surface area contributed by atoms with Gasteiger partial charge in [0.15, 0.2) is 5.96 Å². The van der Waals surface area contributed by atoms with Crippen LogP contribution in [0.5, 0.6) is 0 Å². The fraction of sp³-hybridized carbons (Fsp3) is 0.435. The Morgan fingerprint density at radius 2 is 1.72 bits per heavy atom. The van der Waals surface area contributed by atoms with E-state index in [0.717, 1.165) is 51.9 Å². The van der Waals surface area contributed by atoms with Crippen molar-refractivity contribution < 1.29 is 4.74 Å². The van der Waals surface area contributed by atoms with Gasteiger partial charge >= 0.3 is 0 Å². The fourth-order valence-corrected chi connectivity index (χ4v) is 3.25. The molecule has 2 N–H and O–H groups in total. The van der Waals surface area contributed by atoms with Gasteiger partial charge in [0.1, 0.15) is 0 Å². The highest BCUT2D eigenvalue weighted by atomic mass is 127. The lowest BCUT2D eigenvalue weighted by molar-refractivity contribution is 0.0342. The topological polar surface area (TPSA) is 48.9 Å². The first-order valence-corrected chi connectivity index (χ1v) is 10.2. The fourth-order valence-electron chi connectivity index (χ4n) is 3.25. The summed E-state index contributed by atoms with van der Waals surface area (Å²) in [6.07, 6.45) is 0. The molecule has 0 aliphatic carbocycles. The molecule has 2 aromatic carbocycles. The van der Waals surface area contributed by atoms with Gasteiger partial charge in [-0.3, -0.25) is 4.90 Å². The van der Waals surface area contributed by atoms with Crippen LogP contribution >= 0.6 is 24.0 Å². The third kappa shape index (κ3) is 8.32. The normalized spacial score (nSPS) is 14.9. The molecule has 1 saturated heterocycles. The quantitative estimate of drug-likeness (QED) is 0.340. The number of guanidine groups is 1. The zero-order valence-electron chi connectivity index (χ0n) is 17.5. The molecule has 3 rings (SSSR count). The molecule has 6 heteroatoms. The van der Waals surface area contributed by atoms with E-state index in [9.17, 15) is 0 Å². The van der Waals surface area contributed by atoms with Crippen LogP contribution in [0, 0.1) is 6.92 Å². The molecule has 0 radical (unpaired) electrons. The number of halogens is 1. The number of benzene rings is 2. The third-order valence-electron chi connectivity index (χ3n) is 4.85. The largest absolute Gasteiger partial charge is 0.379 e. The zero-order valence-corrected chi connectivity index (χ0v) is 19.8. The third-order valence-corrected chi connectivity index (χ3v) is 4.85. The van der Waals surface area contributed by atoms with Crippen molar-refractivity contribution in [3.8, 4) is 0 Å². The van der Waals surface area contributed by atoms with Crippen LogP contribution in [0.3, 0.4) is 0 Å². The second-order valence-corrected chi connectivity index (χ2v) is 7.24. The monoisotopic (exact) mass is 508 g/mol. The summed E-state index contributed by atoms with van der Waals surface area (Å²) in [5, 5.41) is 6.76. The van der Waals surface area contributed by atoms with Crippen molar-refractivity contribution in [2.45, 2.75) is 33.5 Å². The summed E-state index contributed by atoms with van der Waals surface area (Å²) in [5.41, 5.74) is 5.11. The van der Waals surface area contributed by atoms with Gasteiger partial charge in [0.2, 0.25) is 0 Å². The molecule has 0 aromatic heterocycles. The van der Waals surface area contributed by atoms with Gasteiger partial charge in [-0.25, -0.2) is 4.99 Å². The smallest absolute Gasteiger partial charge is 0.191 e. The van der Waals surface area contributed by atoms with E-state index >= 15 is 0 Å². The Bertz CT molecular complexity index is 758. The minimum absolute atomic E-state index is 0. The van der Waals surface area contributed by atoms with E-state index in [1.807, 2.05) is 0 Å². The van der Waals surface area contributed by atoms with Crippen LogP contribution in [-0.4, -0.2) is 43.7 Å². The summed E-state index contributed by atoms with van der Waals surface area (Å²) in [6.45, 7) is 11.1. The molecular formula is C23H33IN4O. The van der Waals surface area contributed by atoms with Gasteiger partial charge in [-0.05, 0) is 30.5 Å². The molecule has 0 spiro atoms. The second kappa shape index (κ2) is 12.8. The Hall–Kier alpha value is -1.64. The maximum atomic E-state index is 5.44. The first kappa shape index (κ1) is 23.6. The summed E-state index contributed by atoms with van der Waals surface area (Å²) < 4.78 is 5.44. The highest BCUT2D eigenvalue weighted by molar-refractivity contribution is 14.0. The van der Waals surface area contributed by atoms with Crippen molar-refractivity contribution in [2.75, 3.05) is 32.8 Å². The summed E-state index contributed by atoms with van der Waals surface area (Å²) in [6, 6.07) is 17.3. The molecule has 0 amide bonds. The van der Waals surface area contributed by atoms with Gasteiger partial charge in [-0.15, -0.1) is 24.0 Å². The van der Waals surface area contributed by atoms with Crippen molar-refractivity contribution >= 4 is 29.9 Å². The zero-order chi connectivity index (χ0) is 19.6. The average molecular weight is 508 g/mol. The number of hydrogen-bond acceptors (Lipinski definition) is 3. The molecule has 1 aliphatic heterocycles. The standard InChI is InChI=1S/C23H32N4O.HI/c1-3-24-23(25-16-20-9-7-19(2)8-10-20)26-17-21-5-4-6-22(15-21)18-27-11-13-28-14-12-27;/h4-10,15H,3,11-14,16-18H2,1-2H3,(H2,24,25,26);1H. The van der Waals surface area contributed by atoms with Crippen molar-refractivity contribution in [3.05, 3.63) is 70.8 Å². The summed E-state index contributed by atoms with van der Waals surface area (Å²) in [5.74, 6) is 0.849. The Morgan fingerprint density at radius 3 is 2.45 bits per heavy atom. The van der Waals surface area contributed by atoms with E-state index in [2.05, 4.69) is 77.9 Å². The number of nitrogens with one attached hydrogen (secondary N) is 2. The van der Waals surface area contributed by atoms with E-state index in [-0.39, 0.29) is 24.0 Å². The molecule has 0 saturated carbocycles. The number of aliphatic imine (C=N–C) groups is 1. The predicted molar refractivity (Wildman–Crippen MR) is 131 cm³/mol. The van der Waals surface area contributed by atoms with Crippen LogP contribution in [0.25, 0.3) is 0 Å².